The Morgan fingerprint density at radius 1 is 1.25 bits per heavy atom. The molecule has 0 atom stereocenters. The van der Waals surface area contributed by atoms with Crippen molar-refractivity contribution < 1.29 is 22.7 Å². The number of rotatable bonds is 2. The summed E-state index contributed by atoms with van der Waals surface area (Å²) in [6, 6.07) is 4.53. The van der Waals surface area contributed by atoms with Gasteiger partial charge in [-0.1, -0.05) is 6.07 Å². The van der Waals surface area contributed by atoms with E-state index in [9.17, 15) is 18.0 Å². The number of nitrogens with zero attached hydrogens (tertiary/aromatic N) is 3. The fourth-order valence-electron chi connectivity index (χ4n) is 2.32. The van der Waals surface area contributed by atoms with Crippen molar-refractivity contribution in [2.75, 3.05) is 31.6 Å². The van der Waals surface area contributed by atoms with Gasteiger partial charge in [0.15, 0.2) is 0 Å². The number of amides is 2. The van der Waals surface area contributed by atoms with E-state index in [2.05, 4.69) is 10.4 Å². The first kappa shape index (κ1) is 16.3. The molecule has 2 heterocycles. The summed E-state index contributed by atoms with van der Waals surface area (Å²) in [5, 5.41) is 6.67. The van der Waals surface area contributed by atoms with Crippen LogP contribution in [0.15, 0.2) is 36.7 Å². The number of hydrogen-bond acceptors (Lipinski definition) is 3. The molecule has 1 aromatic carbocycles. The molecule has 2 aromatic rings. The third-order valence-corrected chi connectivity index (χ3v) is 3.57. The Kier molecular flexibility index (Phi) is 4.43. The van der Waals surface area contributed by atoms with Crippen molar-refractivity contribution in [2.24, 2.45) is 0 Å². The fraction of sp³-hybridized carbons (Fsp3) is 0.333. The number of carbonyl (C=O) groups excluding carboxylic acids is 1. The monoisotopic (exact) mass is 340 g/mol. The minimum atomic E-state index is -4.42. The molecule has 0 unspecified atom stereocenters. The van der Waals surface area contributed by atoms with Gasteiger partial charge in [-0.25, -0.2) is 9.48 Å². The number of urea groups is 1. The summed E-state index contributed by atoms with van der Waals surface area (Å²) in [7, 11) is 0. The summed E-state index contributed by atoms with van der Waals surface area (Å²) in [6.45, 7) is 1.95. The highest BCUT2D eigenvalue weighted by Crippen LogP contribution is 2.30. The normalized spacial score (nSPS) is 15.4. The Morgan fingerprint density at radius 2 is 2.00 bits per heavy atom. The molecule has 6 nitrogen and oxygen atoms in total. The van der Waals surface area contributed by atoms with Gasteiger partial charge in [0.05, 0.1) is 42.5 Å². The summed E-state index contributed by atoms with van der Waals surface area (Å²) in [6.07, 6.45) is -1.57. The van der Waals surface area contributed by atoms with Gasteiger partial charge in [0.25, 0.3) is 0 Å². The molecule has 9 heteroatoms. The minimum Gasteiger partial charge on any atom is -0.378 e. The van der Waals surface area contributed by atoms with Crippen molar-refractivity contribution in [1.82, 2.24) is 14.7 Å². The summed E-state index contributed by atoms with van der Waals surface area (Å²) < 4.78 is 44.7. The molecule has 0 aliphatic carbocycles. The highest BCUT2D eigenvalue weighted by molar-refractivity contribution is 5.89. The Morgan fingerprint density at radius 3 is 2.71 bits per heavy atom. The third-order valence-electron chi connectivity index (χ3n) is 3.57. The van der Waals surface area contributed by atoms with Gasteiger partial charge in [0, 0.05) is 13.1 Å². The number of anilines is 1. The molecule has 0 radical (unpaired) electrons. The second-order valence-electron chi connectivity index (χ2n) is 5.25. The van der Waals surface area contributed by atoms with Crippen LogP contribution in [0.4, 0.5) is 23.7 Å². The average molecular weight is 340 g/mol. The molecule has 0 bridgehead atoms. The van der Waals surface area contributed by atoms with Crippen LogP contribution >= 0.6 is 0 Å². The number of benzene rings is 1. The molecule has 24 heavy (non-hydrogen) atoms. The highest BCUT2D eigenvalue weighted by atomic mass is 19.4. The quantitative estimate of drug-likeness (QED) is 0.914. The van der Waals surface area contributed by atoms with E-state index in [1.807, 2.05) is 0 Å². The van der Waals surface area contributed by atoms with Crippen molar-refractivity contribution in [3.05, 3.63) is 42.2 Å². The van der Waals surface area contributed by atoms with E-state index < -0.39 is 11.7 Å². The average Bonchev–Trinajstić information content (AvgIpc) is 3.03. The van der Waals surface area contributed by atoms with Crippen LogP contribution in [0.1, 0.15) is 5.56 Å². The van der Waals surface area contributed by atoms with Gasteiger partial charge in [-0.3, -0.25) is 0 Å². The summed E-state index contributed by atoms with van der Waals surface area (Å²) in [4.78, 5) is 13.7. The Labute approximate surface area is 135 Å². The molecule has 1 N–H and O–H groups in total. The number of halogens is 3. The summed E-state index contributed by atoms with van der Waals surface area (Å²) >= 11 is 0. The molecule has 1 aromatic heterocycles. The number of morpholine rings is 1. The van der Waals surface area contributed by atoms with E-state index in [1.54, 1.807) is 4.90 Å². The second kappa shape index (κ2) is 6.52. The maximum atomic E-state index is 12.8. The summed E-state index contributed by atoms with van der Waals surface area (Å²) in [5.74, 6) is 0. The summed E-state index contributed by atoms with van der Waals surface area (Å²) in [5.41, 5.74) is -0.0880. The maximum Gasteiger partial charge on any atom is 0.416 e. The van der Waals surface area contributed by atoms with E-state index in [1.165, 1.54) is 29.2 Å². The molecular formula is C15H15F3N4O2. The lowest BCUT2D eigenvalue weighted by Crippen LogP contribution is -2.43. The van der Waals surface area contributed by atoms with E-state index in [4.69, 9.17) is 4.74 Å². The standard InChI is InChI=1S/C15H15F3N4O2/c16-15(17,18)11-2-1-3-13(8-11)22-10-12(9-19-22)20-14(23)21-4-6-24-7-5-21/h1-3,8-10H,4-7H2,(H,20,23). The second-order valence-corrected chi connectivity index (χ2v) is 5.25. The van der Waals surface area contributed by atoms with Gasteiger partial charge in [0.1, 0.15) is 0 Å². The number of alkyl halides is 3. The zero-order chi connectivity index (χ0) is 17.2. The lowest BCUT2D eigenvalue weighted by Gasteiger charge is -2.26. The van der Waals surface area contributed by atoms with Crippen LogP contribution in [0.2, 0.25) is 0 Å². The van der Waals surface area contributed by atoms with E-state index in [0.29, 0.717) is 32.0 Å². The van der Waals surface area contributed by atoms with Gasteiger partial charge in [-0.2, -0.15) is 18.3 Å². The SMILES string of the molecule is O=C(Nc1cnn(-c2cccc(C(F)(F)F)c2)c1)N1CCOCC1. The number of aromatic nitrogens is 2. The lowest BCUT2D eigenvalue weighted by molar-refractivity contribution is -0.137. The molecule has 1 fully saturated rings. The fourth-order valence-corrected chi connectivity index (χ4v) is 2.32. The molecule has 128 valence electrons. The maximum absolute atomic E-state index is 12.8. The first-order chi connectivity index (χ1) is 11.4. The smallest absolute Gasteiger partial charge is 0.378 e. The molecule has 1 aliphatic heterocycles. The third kappa shape index (κ3) is 3.67. The Bertz CT molecular complexity index is 724. The predicted molar refractivity (Wildman–Crippen MR) is 80.0 cm³/mol. The highest BCUT2D eigenvalue weighted by Gasteiger charge is 2.30. The molecule has 1 aliphatic rings. The molecular weight excluding hydrogens is 325 g/mol. The van der Waals surface area contributed by atoms with E-state index in [0.717, 1.165) is 12.1 Å². The zero-order valence-corrected chi connectivity index (χ0v) is 12.6. The van der Waals surface area contributed by atoms with Gasteiger partial charge in [-0.15, -0.1) is 0 Å². The van der Waals surface area contributed by atoms with Crippen molar-refractivity contribution in [3.8, 4) is 5.69 Å². The number of carbonyl (C=O) groups is 1. The van der Waals surface area contributed by atoms with Gasteiger partial charge in [0.2, 0.25) is 0 Å². The van der Waals surface area contributed by atoms with Crippen molar-refractivity contribution >= 4 is 11.7 Å². The van der Waals surface area contributed by atoms with Crippen LogP contribution in [0.5, 0.6) is 0 Å². The zero-order valence-electron chi connectivity index (χ0n) is 12.6. The Hall–Kier alpha value is -2.55. The number of ether oxygens (including phenoxy) is 1. The van der Waals surface area contributed by atoms with Crippen LogP contribution in [0, 0.1) is 0 Å². The minimum absolute atomic E-state index is 0.261. The first-order valence-corrected chi connectivity index (χ1v) is 7.29. The molecule has 2 amide bonds. The van der Waals surface area contributed by atoms with Gasteiger partial charge >= 0.3 is 12.2 Å². The topological polar surface area (TPSA) is 59.4 Å². The van der Waals surface area contributed by atoms with Crippen LogP contribution < -0.4 is 5.32 Å². The largest absolute Gasteiger partial charge is 0.416 e. The predicted octanol–water partition coefficient (Wildman–Crippen LogP) is 2.76. The lowest BCUT2D eigenvalue weighted by atomic mass is 10.2. The van der Waals surface area contributed by atoms with Crippen molar-refractivity contribution in [1.29, 1.82) is 0 Å². The van der Waals surface area contributed by atoms with Crippen LogP contribution in [0.25, 0.3) is 5.69 Å². The van der Waals surface area contributed by atoms with Gasteiger partial charge in [-0.05, 0) is 18.2 Å². The van der Waals surface area contributed by atoms with E-state index in [-0.39, 0.29) is 11.7 Å². The van der Waals surface area contributed by atoms with Crippen molar-refractivity contribution in [2.45, 2.75) is 6.18 Å². The number of nitrogens with one attached hydrogen (secondary N) is 1. The van der Waals surface area contributed by atoms with Crippen LogP contribution in [-0.2, 0) is 10.9 Å². The van der Waals surface area contributed by atoms with Crippen LogP contribution in [0.3, 0.4) is 0 Å². The Balaban J connectivity index is 1.72. The molecule has 0 spiro atoms. The molecule has 1 saturated heterocycles. The van der Waals surface area contributed by atoms with Crippen molar-refractivity contribution in [3.63, 3.8) is 0 Å². The first-order valence-electron chi connectivity index (χ1n) is 7.29. The van der Waals surface area contributed by atoms with Gasteiger partial charge < -0.3 is 15.0 Å². The number of hydrogen-bond donors (Lipinski definition) is 1. The van der Waals surface area contributed by atoms with E-state index >= 15 is 0 Å². The molecule has 0 saturated carbocycles. The van der Waals surface area contributed by atoms with Crippen LogP contribution in [-0.4, -0.2) is 47.0 Å². The molecule has 3 rings (SSSR count).